The van der Waals surface area contributed by atoms with Crippen LogP contribution in [0.1, 0.15) is 34.8 Å². The Kier molecular flexibility index (Phi) is 2.74. The van der Waals surface area contributed by atoms with E-state index in [2.05, 4.69) is 9.84 Å². The minimum atomic E-state index is -0.391. The number of nitrogen functional groups attached to an aromatic ring is 1. The monoisotopic (exact) mass is 257 g/mol. The Morgan fingerprint density at radius 2 is 2.21 bits per heavy atom. The van der Waals surface area contributed by atoms with E-state index in [4.69, 9.17) is 5.73 Å². The zero-order valence-corrected chi connectivity index (χ0v) is 10.7. The van der Waals surface area contributed by atoms with Crippen LogP contribution in [0.15, 0.2) is 30.5 Å². The summed E-state index contributed by atoms with van der Waals surface area (Å²) in [5.74, 6) is 0.217. The van der Waals surface area contributed by atoms with Crippen LogP contribution in [0.5, 0.6) is 0 Å². The maximum absolute atomic E-state index is 11.4. The number of nitrogens with zero attached hydrogens (tertiary/aromatic N) is 2. The number of carbonyl (C=O) groups is 1. The predicted octanol–water partition coefficient (Wildman–Crippen LogP) is 2.12. The van der Waals surface area contributed by atoms with Crippen LogP contribution in [0.2, 0.25) is 0 Å². The molecular weight excluding hydrogens is 242 g/mol. The van der Waals surface area contributed by atoms with Gasteiger partial charge >= 0.3 is 5.97 Å². The molecule has 0 spiro atoms. The molecular formula is C14H15N3O2. The number of carbonyl (C=O) groups excluding carboxylic acids is 1. The molecule has 0 atom stereocenters. The van der Waals surface area contributed by atoms with Gasteiger partial charge in [-0.1, -0.05) is 0 Å². The van der Waals surface area contributed by atoms with Crippen LogP contribution in [-0.4, -0.2) is 22.9 Å². The molecule has 2 N–H and O–H groups in total. The maximum atomic E-state index is 11.4. The van der Waals surface area contributed by atoms with Gasteiger partial charge in [-0.15, -0.1) is 0 Å². The van der Waals surface area contributed by atoms with Crippen molar-refractivity contribution >= 4 is 11.7 Å². The minimum absolute atomic E-state index is 0.391. The smallest absolute Gasteiger partial charge is 0.337 e. The van der Waals surface area contributed by atoms with Crippen LogP contribution in [0, 0.1) is 0 Å². The summed E-state index contributed by atoms with van der Waals surface area (Å²) < 4.78 is 6.42. The van der Waals surface area contributed by atoms with E-state index in [0.29, 0.717) is 17.2 Å². The molecule has 1 fully saturated rings. The van der Waals surface area contributed by atoms with E-state index in [1.165, 1.54) is 20.0 Å². The fourth-order valence-electron chi connectivity index (χ4n) is 2.08. The van der Waals surface area contributed by atoms with E-state index in [9.17, 15) is 4.79 Å². The van der Waals surface area contributed by atoms with Gasteiger partial charge in [-0.25, -0.2) is 9.48 Å². The van der Waals surface area contributed by atoms with Crippen LogP contribution < -0.4 is 5.73 Å². The first kappa shape index (κ1) is 11.8. The van der Waals surface area contributed by atoms with Gasteiger partial charge < -0.3 is 10.5 Å². The first-order chi connectivity index (χ1) is 9.19. The van der Waals surface area contributed by atoms with Crippen molar-refractivity contribution in [3.8, 4) is 5.69 Å². The van der Waals surface area contributed by atoms with Crippen LogP contribution in [-0.2, 0) is 4.74 Å². The average molecular weight is 257 g/mol. The second kappa shape index (κ2) is 4.42. The molecule has 1 aromatic carbocycles. The third-order valence-electron chi connectivity index (χ3n) is 3.30. The van der Waals surface area contributed by atoms with Crippen molar-refractivity contribution in [3.63, 3.8) is 0 Å². The number of nitrogens with two attached hydrogens (primary N) is 1. The van der Waals surface area contributed by atoms with Gasteiger partial charge in [-0.2, -0.15) is 5.10 Å². The first-order valence-electron chi connectivity index (χ1n) is 6.23. The second-order valence-corrected chi connectivity index (χ2v) is 4.72. The Balaban J connectivity index is 1.93. The molecule has 0 unspecified atom stereocenters. The molecule has 0 amide bonds. The molecule has 5 heteroatoms. The SMILES string of the molecule is COC(=O)c1ccc(-n2ccc(C3CC3)n2)c(N)c1. The fraction of sp³-hybridized carbons (Fsp3) is 0.286. The highest BCUT2D eigenvalue weighted by Crippen LogP contribution is 2.39. The zero-order valence-electron chi connectivity index (χ0n) is 10.7. The van der Waals surface area contributed by atoms with E-state index >= 15 is 0 Å². The van der Waals surface area contributed by atoms with Crippen molar-refractivity contribution in [2.24, 2.45) is 0 Å². The van der Waals surface area contributed by atoms with Gasteiger partial charge in [0, 0.05) is 12.1 Å². The lowest BCUT2D eigenvalue weighted by atomic mass is 10.2. The number of hydrogen-bond acceptors (Lipinski definition) is 4. The lowest BCUT2D eigenvalue weighted by Gasteiger charge is -2.07. The predicted molar refractivity (Wildman–Crippen MR) is 71.3 cm³/mol. The number of benzene rings is 1. The minimum Gasteiger partial charge on any atom is -0.465 e. The summed E-state index contributed by atoms with van der Waals surface area (Å²) >= 11 is 0. The van der Waals surface area contributed by atoms with Crippen molar-refractivity contribution in [1.82, 2.24) is 9.78 Å². The molecule has 1 aliphatic carbocycles. The van der Waals surface area contributed by atoms with Gasteiger partial charge in [0.15, 0.2) is 0 Å². The van der Waals surface area contributed by atoms with E-state index < -0.39 is 5.97 Å². The fourth-order valence-corrected chi connectivity index (χ4v) is 2.08. The summed E-state index contributed by atoms with van der Waals surface area (Å²) in [7, 11) is 1.35. The van der Waals surface area contributed by atoms with E-state index in [1.54, 1.807) is 22.9 Å². The van der Waals surface area contributed by atoms with Crippen molar-refractivity contribution in [3.05, 3.63) is 41.7 Å². The number of esters is 1. The number of hydrogen-bond donors (Lipinski definition) is 1. The molecule has 2 aromatic rings. The number of aromatic nitrogens is 2. The summed E-state index contributed by atoms with van der Waals surface area (Å²) in [6.45, 7) is 0. The Bertz CT molecular complexity index is 629. The molecule has 0 radical (unpaired) electrons. The van der Waals surface area contributed by atoms with E-state index in [1.807, 2.05) is 12.3 Å². The molecule has 0 saturated heterocycles. The Morgan fingerprint density at radius 3 is 2.84 bits per heavy atom. The molecule has 1 saturated carbocycles. The molecule has 1 heterocycles. The van der Waals surface area contributed by atoms with Gasteiger partial charge in [-0.05, 0) is 37.1 Å². The topological polar surface area (TPSA) is 70.1 Å². The van der Waals surface area contributed by atoms with Gasteiger partial charge in [0.2, 0.25) is 0 Å². The van der Waals surface area contributed by atoms with Crippen molar-refractivity contribution in [2.45, 2.75) is 18.8 Å². The standard InChI is InChI=1S/C14H15N3O2/c1-19-14(18)10-4-5-13(11(15)8-10)17-7-6-12(16-17)9-2-3-9/h4-9H,2-3,15H2,1H3. The van der Waals surface area contributed by atoms with Crippen molar-refractivity contribution in [1.29, 1.82) is 0 Å². The Labute approximate surface area is 111 Å². The van der Waals surface area contributed by atoms with Gasteiger partial charge in [0.25, 0.3) is 0 Å². The molecule has 19 heavy (non-hydrogen) atoms. The average Bonchev–Trinajstić information content (AvgIpc) is 3.16. The molecule has 3 rings (SSSR count). The lowest BCUT2D eigenvalue weighted by molar-refractivity contribution is 0.0601. The molecule has 0 bridgehead atoms. The zero-order chi connectivity index (χ0) is 13.4. The molecule has 98 valence electrons. The van der Waals surface area contributed by atoms with Gasteiger partial charge in [-0.3, -0.25) is 0 Å². The summed E-state index contributed by atoms with van der Waals surface area (Å²) in [5.41, 5.74) is 8.81. The molecule has 1 aliphatic rings. The third kappa shape index (κ3) is 2.19. The molecule has 1 aromatic heterocycles. The highest BCUT2D eigenvalue weighted by atomic mass is 16.5. The largest absolute Gasteiger partial charge is 0.465 e. The Morgan fingerprint density at radius 1 is 1.42 bits per heavy atom. The Hall–Kier alpha value is -2.30. The van der Waals surface area contributed by atoms with E-state index in [-0.39, 0.29) is 0 Å². The van der Waals surface area contributed by atoms with Crippen LogP contribution in [0.4, 0.5) is 5.69 Å². The molecule has 0 aliphatic heterocycles. The highest BCUT2D eigenvalue weighted by molar-refractivity contribution is 5.91. The lowest BCUT2D eigenvalue weighted by Crippen LogP contribution is -2.05. The van der Waals surface area contributed by atoms with Crippen molar-refractivity contribution < 1.29 is 9.53 Å². The summed E-state index contributed by atoms with van der Waals surface area (Å²) in [6.07, 6.45) is 4.33. The van der Waals surface area contributed by atoms with E-state index in [0.717, 1.165) is 11.4 Å². The molecule has 5 nitrogen and oxygen atoms in total. The van der Waals surface area contributed by atoms with Crippen molar-refractivity contribution in [2.75, 3.05) is 12.8 Å². The summed E-state index contributed by atoms with van der Waals surface area (Å²) in [5, 5.41) is 4.52. The highest BCUT2D eigenvalue weighted by Gasteiger charge is 2.26. The normalized spacial score (nSPS) is 14.4. The van der Waals surface area contributed by atoms with Crippen LogP contribution in [0.3, 0.4) is 0 Å². The number of anilines is 1. The first-order valence-corrected chi connectivity index (χ1v) is 6.23. The maximum Gasteiger partial charge on any atom is 0.337 e. The summed E-state index contributed by atoms with van der Waals surface area (Å²) in [4.78, 5) is 11.4. The quantitative estimate of drug-likeness (QED) is 0.675. The van der Waals surface area contributed by atoms with Crippen LogP contribution >= 0.6 is 0 Å². The third-order valence-corrected chi connectivity index (χ3v) is 3.30. The second-order valence-electron chi connectivity index (χ2n) is 4.72. The summed E-state index contributed by atoms with van der Waals surface area (Å²) in [6, 6.07) is 7.10. The number of ether oxygens (including phenoxy) is 1. The number of rotatable bonds is 3. The number of methoxy groups -OCH3 is 1. The van der Waals surface area contributed by atoms with Gasteiger partial charge in [0.1, 0.15) is 0 Å². The van der Waals surface area contributed by atoms with Gasteiger partial charge in [0.05, 0.1) is 29.7 Å². The van der Waals surface area contributed by atoms with Crippen LogP contribution in [0.25, 0.3) is 5.69 Å².